The minimum Gasteiger partial charge on any atom is -0.399 e. The standard InChI is InChI=1S/C9H12N2O2/c1-9(2)5-7(10)3-4-8(6-9)11(12)13/h3-6H,10H2,1-2H3. The lowest BCUT2D eigenvalue weighted by Crippen LogP contribution is -2.08. The molecule has 0 aromatic heterocycles. The molecule has 70 valence electrons. The minimum atomic E-state index is -0.412. The van der Waals surface area contributed by atoms with E-state index in [1.807, 2.05) is 13.8 Å². The molecule has 0 atom stereocenters. The Labute approximate surface area is 76.6 Å². The molecule has 4 nitrogen and oxygen atoms in total. The highest BCUT2D eigenvalue weighted by Crippen LogP contribution is 2.25. The Balaban J connectivity index is 3.11. The van der Waals surface area contributed by atoms with Crippen LogP contribution in [0.4, 0.5) is 0 Å². The van der Waals surface area contributed by atoms with Crippen LogP contribution >= 0.6 is 0 Å². The Bertz CT molecular complexity index is 325. The third kappa shape index (κ3) is 2.43. The lowest BCUT2D eigenvalue weighted by Gasteiger charge is -2.13. The van der Waals surface area contributed by atoms with Crippen molar-refractivity contribution in [2.75, 3.05) is 0 Å². The van der Waals surface area contributed by atoms with Gasteiger partial charge in [0.15, 0.2) is 0 Å². The third-order valence-corrected chi connectivity index (χ3v) is 1.72. The summed E-state index contributed by atoms with van der Waals surface area (Å²) in [6.07, 6.45) is 6.34. The molecule has 0 unspecified atom stereocenters. The van der Waals surface area contributed by atoms with Crippen LogP contribution in [0.15, 0.2) is 35.7 Å². The average molecular weight is 180 g/mol. The predicted molar refractivity (Wildman–Crippen MR) is 50.3 cm³/mol. The molecule has 0 spiro atoms. The van der Waals surface area contributed by atoms with Crippen molar-refractivity contribution in [2.24, 2.45) is 11.1 Å². The fourth-order valence-electron chi connectivity index (χ4n) is 1.24. The topological polar surface area (TPSA) is 69.2 Å². The molecular weight excluding hydrogens is 168 g/mol. The van der Waals surface area contributed by atoms with Gasteiger partial charge in [0, 0.05) is 23.3 Å². The molecule has 0 radical (unpaired) electrons. The van der Waals surface area contributed by atoms with E-state index in [4.69, 9.17) is 5.73 Å². The van der Waals surface area contributed by atoms with E-state index in [1.54, 1.807) is 18.2 Å². The normalized spacial score (nSPS) is 20.2. The summed E-state index contributed by atoms with van der Waals surface area (Å²) < 4.78 is 0. The highest BCUT2D eigenvalue weighted by molar-refractivity contribution is 5.31. The smallest absolute Gasteiger partial charge is 0.266 e. The summed E-state index contributed by atoms with van der Waals surface area (Å²) in [7, 11) is 0. The van der Waals surface area contributed by atoms with Crippen molar-refractivity contribution in [1.29, 1.82) is 0 Å². The van der Waals surface area contributed by atoms with Crippen molar-refractivity contribution in [3.8, 4) is 0 Å². The van der Waals surface area contributed by atoms with Crippen molar-refractivity contribution < 1.29 is 4.92 Å². The summed E-state index contributed by atoms with van der Waals surface area (Å²) in [4.78, 5) is 10.1. The number of nitrogens with zero attached hydrogens (tertiary/aromatic N) is 1. The number of allylic oxidation sites excluding steroid dienone is 4. The molecule has 0 saturated carbocycles. The van der Waals surface area contributed by atoms with Gasteiger partial charge in [-0.15, -0.1) is 0 Å². The van der Waals surface area contributed by atoms with Crippen LogP contribution in [0, 0.1) is 15.5 Å². The van der Waals surface area contributed by atoms with Crippen LogP contribution in [0.25, 0.3) is 0 Å². The number of rotatable bonds is 1. The van der Waals surface area contributed by atoms with Crippen LogP contribution in [0.1, 0.15) is 13.8 Å². The van der Waals surface area contributed by atoms with Gasteiger partial charge in [-0.1, -0.05) is 19.9 Å². The van der Waals surface area contributed by atoms with Gasteiger partial charge in [0.25, 0.3) is 5.70 Å². The van der Waals surface area contributed by atoms with E-state index in [2.05, 4.69) is 0 Å². The SMILES string of the molecule is CC1(C)C=C(N)C=CC([N+](=O)[O-])=C1. The monoisotopic (exact) mass is 180 g/mol. The summed E-state index contributed by atoms with van der Waals surface area (Å²) in [5.74, 6) is 0. The predicted octanol–water partition coefficient (Wildman–Crippen LogP) is 1.59. The highest BCUT2D eigenvalue weighted by Gasteiger charge is 2.19. The van der Waals surface area contributed by atoms with Crippen LogP contribution in [-0.4, -0.2) is 4.92 Å². The molecule has 2 N–H and O–H groups in total. The Morgan fingerprint density at radius 3 is 2.54 bits per heavy atom. The van der Waals surface area contributed by atoms with Gasteiger partial charge >= 0.3 is 0 Å². The Kier molecular flexibility index (Phi) is 2.23. The largest absolute Gasteiger partial charge is 0.399 e. The van der Waals surface area contributed by atoms with Gasteiger partial charge in [-0.05, 0) is 6.08 Å². The second kappa shape index (κ2) is 3.05. The van der Waals surface area contributed by atoms with Crippen molar-refractivity contribution in [1.82, 2.24) is 0 Å². The molecule has 0 aromatic rings. The van der Waals surface area contributed by atoms with Crippen LogP contribution < -0.4 is 5.73 Å². The summed E-state index contributed by atoms with van der Waals surface area (Å²) >= 11 is 0. The Hall–Kier alpha value is -1.58. The first-order chi connectivity index (χ1) is 5.91. The zero-order chi connectivity index (χ0) is 10.1. The number of hydrogen-bond acceptors (Lipinski definition) is 3. The lowest BCUT2D eigenvalue weighted by molar-refractivity contribution is -0.419. The van der Waals surface area contributed by atoms with Crippen LogP contribution in [0.3, 0.4) is 0 Å². The summed E-state index contributed by atoms with van der Waals surface area (Å²) in [6, 6.07) is 0. The van der Waals surface area contributed by atoms with Crippen molar-refractivity contribution in [3.63, 3.8) is 0 Å². The van der Waals surface area contributed by atoms with Crippen LogP contribution in [0.5, 0.6) is 0 Å². The van der Waals surface area contributed by atoms with Gasteiger partial charge in [0.1, 0.15) is 0 Å². The highest BCUT2D eigenvalue weighted by atomic mass is 16.6. The molecule has 4 heteroatoms. The maximum Gasteiger partial charge on any atom is 0.266 e. The second-order valence-corrected chi connectivity index (χ2v) is 3.63. The van der Waals surface area contributed by atoms with E-state index < -0.39 is 4.92 Å². The second-order valence-electron chi connectivity index (χ2n) is 3.63. The molecule has 0 fully saturated rings. The molecule has 0 aliphatic heterocycles. The minimum absolute atomic E-state index is 0.0849. The zero-order valence-electron chi connectivity index (χ0n) is 7.65. The van der Waals surface area contributed by atoms with Crippen LogP contribution in [-0.2, 0) is 0 Å². The fraction of sp³-hybridized carbons (Fsp3) is 0.333. The fourth-order valence-corrected chi connectivity index (χ4v) is 1.24. The van der Waals surface area contributed by atoms with Gasteiger partial charge in [-0.2, -0.15) is 0 Å². The molecule has 1 aliphatic rings. The molecule has 0 heterocycles. The first-order valence-corrected chi connectivity index (χ1v) is 3.94. The maximum atomic E-state index is 10.5. The van der Waals surface area contributed by atoms with Gasteiger partial charge in [0.05, 0.1) is 4.92 Å². The van der Waals surface area contributed by atoms with Crippen molar-refractivity contribution in [3.05, 3.63) is 45.8 Å². The first kappa shape index (κ1) is 9.51. The van der Waals surface area contributed by atoms with Gasteiger partial charge in [-0.3, -0.25) is 10.1 Å². The molecule has 0 aromatic carbocycles. The molecule has 13 heavy (non-hydrogen) atoms. The molecular formula is C9H12N2O2. The van der Waals surface area contributed by atoms with E-state index in [9.17, 15) is 10.1 Å². The maximum absolute atomic E-state index is 10.5. The number of nitrogens with two attached hydrogens (primary N) is 1. The Morgan fingerprint density at radius 2 is 2.00 bits per heavy atom. The summed E-state index contributed by atoms with van der Waals surface area (Å²) in [5.41, 5.74) is 5.86. The molecule has 1 rings (SSSR count). The van der Waals surface area contributed by atoms with E-state index in [1.165, 1.54) is 6.08 Å². The first-order valence-electron chi connectivity index (χ1n) is 3.94. The van der Waals surface area contributed by atoms with Crippen molar-refractivity contribution in [2.45, 2.75) is 13.8 Å². The lowest BCUT2D eigenvalue weighted by atomic mass is 9.92. The van der Waals surface area contributed by atoms with Gasteiger partial charge in [0.2, 0.25) is 0 Å². The van der Waals surface area contributed by atoms with E-state index >= 15 is 0 Å². The molecule has 0 bridgehead atoms. The molecule has 0 amide bonds. The summed E-state index contributed by atoms with van der Waals surface area (Å²) in [6.45, 7) is 3.74. The molecule has 1 aliphatic carbocycles. The van der Waals surface area contributed by atoms with E-state index in [0.717, 1.165) is 0 Å². The zero-order valence-corrected chi connectivity index (χ0v) is 7.65. The van der Waals surface area contributed by atoms with Crippen molar-refractivity contribution >= 4 is 0 Å². The number of hydrogen-bond donors (Lipinski definition) is 1. The van der Waals surface area contributed by atoms with Gasteiger partial charge < -0.3 is 5.73 Å². The third-order valence-electron chi connectivity index (χ3n) is 1.72. The average Bonchev–Trinajstić information content (AvgIpc) is 2.07. The van der Waals surface area contributed by atoms with Crippen LogP contribution in [0.2, 0.25) is 0 Å². The number of nitro groups is 1. The Morgan fingerprint density at radius 1 is 1.38 bits per heavy atom. The quantitative estimate of drug-likeness (QED) is 0.492. The van der Waals surface area contributed by atoms with Gasteiger partial charge in [-0.25, -0.2) is 0 Å². The van der Waals surface area contributed by atoms with E-state index in [0.29, 0.717) is 5.70 Å². The van der Waals surface area contributed by atoms with E-state index in [-0.39, 0.29) is 11.1 Å². The summed E-state index contributed by atoms with van der Waals surface area (Å²) in [5, 5.41) is 10.5. The molecule has 0 saturated heterocycles.